The molecule has 2 aromatic rings. The predicted molar refractivity (Wildman–Crippen MR) is 412 cm³/mol. The van der Waals surface area contributed by atoms with Crippen molar-refractivity contribution in [2.45, 2.75) is 403 Å². The standard InChI is InChI=1S/C83H143N2O19P/c1-6-10-14-18-22-26-27-31-35-39-49-57-74(91)99-68(52-44-38-34-30-25-21-17-13-9-4)59-61-97-80-76(84-65(5)87)83(101-71(63-86)78(80)104-105(95,102-69-53-45-40-46-54-69)103-70-55-47-41-48-56-70)98-64-72-77(92)79(96-60-58-66(88)50-42-36-32-28-23-19-15-11-7-2)75(81(100-72)82(93)94)85-73(90)62-67(89)51-43-37-33-29-24-20-16-12-8-3/h40-41,45-48,53-56,66-68,71-72,75-81,83,86,88-89,92H,6-39,42-44,49-52,57-64H2,1-5H3,(H,84,87)(H,85,90)(H,93,94)/t66-,67-,68-,71-,72-,75-,76-,77-,78+,79-,80-,81+,83+/m1/s1. The van der Waals surface area contributed by atoms with Gasteiger partial charge >= 0.3 is 19.8 Å². The van der Waals surface area contributed by atoms with Crippen LogP contribution in [0.25, 0.3) is 0 Å². The first kappa shape index (κ1) is 93.1. The number of amides is 2. The molecule has 22 heteroatoms. The van der Waals surface area contributed by atoms with Gasteiger partial charge in [-0.05, 0) is 62.8 Å². The molecule has 0 bridgehead atoms. The second-order valence-corrected chi connectivity index (χ2v) is 31.1. The molecular formula is C83H143N2O19P. The summed E-state index contributed by atoms with van der Waals surface area (Å²) in [6, 6.07) is 13.6. The third kappa shape index (κ3) is 41.4. The lowest BCUT2D eigenvalue weighted by molar-refractivity contribution is -0.289. The molecule has 4 rings (SSSR count). The minimum absolute atomic E-state index is 0.113. The molecule has 21 nitrogen and oxygen atoms in total. The molecule has 2 amide bonds. The molecule has 604 valence electrons. The van der Waals surface area contributed by atoms with Crippen LogP contribution < -0.4 is 19.7 Å². The number of aliphatic carboxylic acids is 1. The molecule has 2 aromatic carbocycles. The van der Waals surface area contributed by atoms with E-state index in [9.17, 15) is 44.7 Å². The number of benzene rings is 2. The van der Waals surface area contributed by atoms with Crippen molar-refractivity contribution in [3.05, 3.63) is 60.7 Å². The molecule has 0 radical (unpaired) electrons. The van der Waals surface area contributed by atoms with E-state index < -0.39 is 118 Å². The number of esters is 1. The van der Waals surface area contributed by atoms with Gasteiger partial charge in [0.05, 0.1) is 44.5 Å². The molecule has 0 unspecified atom stereocenters. The third-order valence-corrected chi connectivity index (χ3v) is 21.6. The van der Waals surface area contributed by atoms with E-state index >= 15 is 4.57 Å². The van der Waals surface area contributed by atoms with Crippen molar-refractivity contribution in [1.29, 1.82) is 0 Å². The molecule has 2 aliphatic heterocycles. The monoisotopic (exact) mass is 1500 g/mol. The van der Waals surface area contributed by atoms with E-state index in [1.165, 1.54) is 135 Å². The van der Waals surface area contributed by atoms with Gasteiger partial charge in [-0.2, -0.15) is 0 Å². The van der Waals surface area contributed by atoms with Gasteiger partial charge in [0.15, 0.2) is 12.4 Å². The first-order valence-electron chi connectivity index (χ1n) is 41.6. The van der Waals surface area contributed by atoms with E-state index in [0.717, 1.165) is 103 Å². The van der Waals surface area contributed by atoms with E-state index in [1.54, 1.807) is 60.7 Å². The molecule has 2 fully saturated rings. The summed E-state index contributed by atoms with van der Waals surface area (Å²) in [7, 11) is -4.84. The highest BCUT2D eigenvalue weighted by atomic mass is 31.2. The number of phosphoric ester groups is 1. The first-order valence-corrected chi connectivity index (χ1v) is 43.1. The van der Waals surface area contributed by atoms with Crippen molar-refractivity contribution >= 4 is 31.6 Å². The lowest BCUT2D eigenvalue weighted by atomic mass is 9.91. The number of rotatable bonds is 66. The first-order chi connectivity index (χ1) is 51.0. The van der Waals surface area contributed by atoms with Gasteiger partial charge in [-0.1, -0.05) is 295 Å². The molecule has 0 aromatic heterocycles. The number of carboxylic acids is 1. The Bertz CT molecular complexity index is 2500. The maximum Gasteiger partial charge on any atom is 0.588 e. The maximum absolute atomic E-state index is 15.4. The zero-order valence-electron chi connectivity index (χ0n) is 65.3. The topological polar surface area (TPSA) is 294 Å². The number of carbonyl (C=O) groups excluding carboxylic acids is 3. The molecule has 13 atom stereocenters. The number of carbonyl (C=O) groups is 4. The molecule has 2 heterocycles. The number of nitrogens with one attached hydrogen (secondary N) is 2. The Labute approximate surface area is 632 Å². The Morgan fingerprint density at radius 3 is 1.37 bits per heavy atom. The number of aliphatic hydroxyl groups excluding tert-OH is 4. The minimum atomic E-state index is -4.84. The number of ether oxygens (including phenoxy) is 6. The predicted octanol–water partition coefficient (Wildman–Crippen LogP) is 17.6. The largest absolute Gasteiger partial charge is 0.588 e. The Balaban J connectivity index is 1.64. The van der Waals surface area contributed by atoms with Gasteiger partial charge in [0.2, 0.25) is 11.8 Å². The van der Waals surface area contributed by atoms with Gasteiger partial charge < -0.3 is 73.6 Å². The summed E-state index contributed by atoms with van der Waals surface area (Å²) in [4.78, 5) is 54.6. The normalized spacial score (nSPS) is 21.3. The van der Waals surface area contributed by atoms with Crippen LogP contribution in [0.15, 0.2) is 60.7 Å². The molecule has 0 spiro atoms. The molecule has 105 heavy (non-hydrogen) atoms. The quantitative estimate of drug-likeness (QED) is 0.0184. The van der Waals surface area contributed by atoms with Crippen molar-refractivity contribution in [3.63, 3.8) is 0 Å². The lowest BCUT2D eigenvalue weighted by Gasteiger charge is -2.47. The molecule has 0 saturated carbocycles. The van der Waals surface area contributed by atoms with Gasteiger partial charge in [0.25, 0.3) is 0 Å². The highest BCUT2D eigenvalue weighted by Crippen LogP contribution is 2.52. The SMILES string of the molecule is CCCCCCCCCCCCCC(=O)O[C@H](CCCCCCCCCCC)CCO[C@@H]1[C@@H](NC(C)=O)[C@@H](OC[C@H]2O[C@H](C(=O)O)[C@H](NC(=O)C[C@H](O)CCCCCCCCCCC)[C@@H](OCC[C@H](O)CCCCCCCCCCC)[C@@H]2O)O[C@H](CO)[C@@H]1OP(=O)(Oc1ccccc1)Oc1ccccc1. The second-order valence-electron chi connectivity index (χ2n) is 29.6. The number of carboxylic acid groups (broad SMARTS) is 1. The van der Waals surface area contributed by atoms with Crippen LogP contribution >= 0.6 is 7.82 Å². The highest BCUT2D eigenvalue weighted by Gasteiger charge is 2.54. The summed E-state index contributed by atoms with van der Waals surface area (Å²) in [6.45, 7) is 8.38. The van der Waals surface area contributed by atoms with E-state index in [-0.39, 0.29) is 56.4 Å². The molecule has 0 aliphatic carbocycles. The smallest absolute Gasteiger partial charge is 0.479 e. The average molecular weight is 1500 g/mol. The van der Waals surface area contributed by atoms with Crippen molar-refractivity contribution < 1.29 is 91.3 Å². The van der Waals surface area contributed by atoms with Gasteiger partial charge in [0.1, 0.15) is 60.3 Å². The maximum atomic E-state index is 15.4. The summed E-state index contributed by atoms with van der Waals surface area (Å²) >= 11 is 0. The summed E-state index contributed by atoms with van der Waals surface area (Å²) in [5.74, 6) is -2.85. The Morgan fingerprint density at radius 2 is 0.914 bits per heavy atom. The minimum Gasteiger partial charge on any atom is -0.479 e. The van der Waals surface area contributed by atoms with E-state index in [4.69, 9.17) is 42.0 Å². The Morgan fingerprint density at radius 1 is 0.486 bits per heavy atom. The number of para-hydroxylation sites is 2. The number of phosphoric acid groups is 1. The van der Waals surface area contributed by atoms with E-state index in [2.05, 4.69) is 38.3 Å². The molecular weight excluding hydrogens is 1360 g/mol. The second kappa shape index (κ2) is 58.7. The van der Waals surface area contributed by atoms with Crippen molar-refractivity contribution in [2.75, 3.05) is 26.4 Å². The van der Waals surface area contributed by atoms with Crippen LogP contribution in [0.2, 0.25) is 0 Å². The summed E-state index contributed by atoms with van der Waals surface area (Å²) in [5.41, 5.74) is 0. The zero-order valence-corrected chi connectivity index (χ0v) is 66.2. The van der Waals surface area contributed by atoms with Gasteiger partial charge in [0, 0.05) is 26.4 Å². The highest BCUT2D eigenvalue weighted by molar-refractivity contribution is 7.49. The van der Waals surface area contributed by atoms with Crippen molar-refractivity contribution in [3.8, 4) is 11.5 Å². The number of hydrogen-bond donors (Lipinski definition) is 7. The molecule has 7 N–H and O–H groups in total. The van der Waals surface area contributed by atoms with Gasteiger partial charge in [-0.15, -0.1) is 0 Å². The van der Waals surface area contributed by atoms with Gasteiger partial charge in [-0.25, -0.2) is 9.36 Å². The summed E-state index contributed by atoms with van der Waals surface area (Å²) in [5, 5.41) is 62.6. The van der Waals surface area contributed by atoms with E-state index in [1.807, 2.05) is 0 Å². The molecule has 2 saturated heterocycles. The summed E-state index contributed by atoms with van der Waals surface area (Å²) in [6.07, 6.45) is 28.9. The fraction of sp³-hybridized carbons (Fsp3) is 0.807. The van der Waals surface area contributed by atoms with Gasteiger partial charge in [-0.3, -0.25) is 18.9 Å². The Hall–Kier alpha value is -4.25. The van der Waals surface area contributed by atoms with Crippen LogP contribution in [-0.2, 0) is 56.7 Å². The number of unbranched alkanes of at least 4 members (excludes halogenated alkanes) is 34. The average Bonchev–Trinajstić information content (AvgIpc) is 0.781. The van der Waals surface area contributed by atoms with Crippen LogP contribution in [-0.4, -0.2) is 155 Å². The zero-order chi connectivity index (χ0) is 76.0. The Kier molecular flexibility index (Phi) is 52.0. The van der Waals surface area contributed by atoms with Crippen LogP contribution in [0.1, 0.15) is 324 Å². The van der Waals surface area contributed by atoms with Crippen molar-refractivity contribution in [2.24, 2.45) is 0 Å². The fourth-order valence-corrected chi connectivity index (χ4v) is 15.5. The van der Waals surface area contributed by atoms with Crippen LogP contribution in [0, 0.1) is 0 Å². The number of hydrogen-bond acceptors (Lipinski definition) is 18. The molecule has 2 aliphatic rings. The fourth-order valence-electron chi connectivity index (χ4n) is 14.1. The van der Waals surface area contributed by atoms with Crippen LogP contribution in [0.4, 0.5) is 0 Å². The lowest BCUT2D eigenvalue weighted by Crippen LogP contribution is -2.68. The third-order valence-electron chi connectivity index (χ3n) is 20.2. The van der Waals surface area contributed by atoms with E-state index in [0.29, 0.717) is 32.1 Å². The number of aliphatic hydroxyl groups is 4. The summed E-state index contributed by atoms with van der Waals surface area (Å²) < 4.78 is 72.8. The van der Waals surface area contributed by atoms with Crippen LogP contribution in [0.3, 0.4) is 0 Å². The van der Waals surface area contributed by atoms with Crippen molar-refractivity contribution in [1.82, 2.24) is 10.6 Å². The van der Waals surface area contributed by atoms with Crippen LogP contribution in [0.5, 0.6) is 11.5 Å².